The van der Waals surface area contributed by atoms with E-state index >= 15 is 0 Å². The standard InChI is InChI=1S/C21H31N3O4S/c1-18-6-8-19(9-7-18)29(27,28)24-16-14-23(15-17-24)21(26)11-10-20(25)22-12-4-2-3-5-13-22/h6-9H,2-5,10-17H2,1H3. The Balaban J connectivity index is 1.47. The van der Waals surface area contributed by atoms with Gasteiger partial charge in [0.05, 0.1) is 4.90 Å². The Labute approximate surface area is 173 Å². The van der Waals surface area contributed by atoms with Crippen molar-refractivity contribution in [1.29, 1.82) is 0 Å². The van der Waals surface area contributed by atoms with Gasteiger partial charge in [-0.3, -0.25) is 9.59 Å². The zero-order valence-corrected chi connectivity index (χ0v) is 18.0. The van der Waals surface area contributed by atoms with Gasteiger partial charge in [0.2, 0.25) is 21.8 Å². The van der Waals surface area contributed by atoms with Gasteiger partial charge in [-0.05, 0) is 31.9 Å². The van der Waals surface area contributed by atoms with E-state index in [1.165, 1.54) is 17.1 Å². The lowest BCUT2D eigenvalue weighted by Crippen LogP contribution is -2.50. The minimum atomic E-state index is -3.54. The summed E-state index contributed by atoms with van der Waals surface area (Å²) in [5, 5.41) is 0. The molecule has 7 nitrogen and oxygen atoms in total. The van der Waals surface area contributed by atoms with Crippen molar-refractivity contribution in [1.82, 2.24) is 14.1 Å². The Hall–Kier alpha value is -1.93. The van der Waals surface area contributed by atoms with Crippen LogP contribution >= 0.6 is 0 Å². The lowest BCUT2D eigenvalue weighted by atomic mass is 10.2. The van der Waals surface area contributed by atoms with Crippen LogP contribution in [0, 0.1) is 6.92 Å². The number of hydrogen-bond donors (Lipinski definition) is 0. The van der Waals surface area contributed by atoms with Crippen LogP contribution in [-0.2, 0) is 19.6 Å². The Morgan fingerprint density at radius 3 is 1.76 bits per heavy atom. The largest absolute Gasteiger partial charge is 0.343 e. The number of hydrogen-bond acceptors (Lipinski definition) is 4. The molecule has 0 saturated carbocycles. The number of nitrogens with zero attached hydrogens (tertiary/aromatic N) is 3. The molecule has 2 fully saturated rings. The minimum Gasteiger partial charge on any atom is -0.343 e. The number of rotatable bonds is 5. The third-order valence-electron chi connectivity index (χ3n) is 5.76. The van der Waals surface area contributed by atoms with Crippen LogP contribution < -0.4 is 0 Å². The van der Waals surface area contributed by atoms with E-state index < -0.39 is 10.0 Å². The van der Waals surface area contributed by atoms with Gasteiger partial charge in [-0.15, -0.1) is 0 Å². The van der Waals surface area contributed by atoms with Crippen LogP contribution in [0.3, 0.4) is 0 Å². The highest BCUT2D eigenvalue weighted by Gasteiger charge is 2.30. The van der Waals surface area contributed by atoms with Crippen molar-refractivity contribution in [2.24, 2.45) is 0 Å². The van der Waals surface area contributed by atoms with Crippen LogP contribution in [-0.4, -0.2) is 73.6 Å². The molecule has 0 aliphatic carbocycles. The predicted molar refractivity (Wildman–Crippen MR) is 111 cm³/mol. The van der Waals surface area contributed by atoms with E-state index in [0.29, 0.717) is 13.1 Å². The summed E-state index contributed by atoms with van der Waals surface area (Å²) in [6.45, 7) is 4.79. The third kappa shape index (κ3) is 5.57. The highest BCUT2D eigenvalue weighted by atomic mass is 32.2. The fourth-order valence-corrected chi connectivity index (χ4v) is 5.31. The molecule has 1 aromatic carbocycles. The summed E-state index contributed by atoms with van der Waals surface area (Å²) < 4.78 is 27.0. The van der Waals surface area contributed by atoms with Crippen molar-refractivity contribution in [2.75, 3.05) is 39.3 Å². The smallest absolute Gasteiger partial charge is 0.243 e. The van der Waals surface area contributed by atoms with E-state index in [1.807, 2.05) is 11.8 Å². The van der Waals surface area contributed by atoms with Crippen LogP contribution in [0.2, 0.25) is 0 Å². The van der Waals surface area contributed by atoms with Gasteiger partial charge in [-0.2, -0.15) is 4.31 Å². The number of sulfonamides is 1. The van der Waals surface area contributed by atoms with Gasteiger partial charge in [0, 0.05) is 52.1 Å². The molecule has 0 spiro atoms. The molecule has 0 radical (unpaired) electrons. The fourth-order valence-electron chi connectivity index (χ4n) is 3.89. The molecule has 2 aliphatic heterocycles. The average Bonchev–Trinajstić information content (AvgIpc) is 3.02. The van der Waals surface area contributed by atoms with Gasteiger partial charge >= 0.3 is 0 Å². The van der Waals surface area contributed by atoms with Crippen molar-refractivity contribution < 1.29 is 18.0 Å². The van der Waals surface area contributed by atoms with E-state index in [-0.39, 0.29) is 42.6 Å². The molecule has 1 aromatic rings. The summed E-state index contributed by atoms with van der Waals surface area (Å²) in [6.07, 6.45) is 4.84. The second-order valence-electron chi connectivity index (χ2n) is 7.89. The third-order valence-corrected chi connectivity index (χ3v) is 7.67. The fraction of sp³-hybridized carbons (Fsp3) is 0.619. The zero-order chi connectivity index (χ0) is 20.9. The second-order valence-corrected chi connectivity index (χ2v) is 9.83. The highest BCUT2D eigenvalue weighted by Crippen LogP contribution is 2.19. The van der Waals surface area contributed by atoms with Gasteiger partial charge in [0.15, 0.2) is 0 Å². The van der Waals surface area contributed by atoms with Crippen LogP contribution in [0.5, 0.6) is 0 Å². The first-order valence-electron chi connectivity index (χ1n) is 10.5. The number of carbonyl (C=O) groups is 2. The summed E-state index contributed by atoms with van der Waals surface area (Å²) in [7, 11) is -3.54. The Bertz CT molecular complexity index is 807. The second kappa shape index (κ2) is 9.71. The van der Waals surface area contributed by atoms with Gasteiger partial charge in [0.1, 0.15) is 0 Å². The SMILES string of the molecule is Cc1ccc(S(=O)(=O)N2CCN(C(=O)CCC(=O)N3CCCCCC3)CC2)cc1. The van der Waals surface area contributed by atoms with Crippen molar-refractivity contribution in [3.8, 4) is 0 Å². The first kappa shape index (κ1) is 21.8. The van der Waals surface area contributed by atoms with Crippen LogP contribution in [0.25, 0.3) is 0 Å². The van der Waals surface area contributed by atoms with E-state index in [2.05, 4.69) is 0 Å². The number of piperazine rings is 1. The lowest BCUT2D eigenvalue weighted by molar-refractivity contribution is -0.137. The summed E-state index contributed by atoms with van der Waals surface area (Å²) in [5.41, 5.74) is 1.01. The highest BCUT2D eigenvalue weighted by molar-refractivity contribution is 7.89. The molecule has 0 atom stereocenters. The number of benzene rings is 1. The molecule has 2 aliphatic rings. The molecule has 3 rings (SSSR count). The quantitative estimate of drug-likeness (QED) is 0.729. The summed E-state index contributed by atoms with van der Waals surface area (Å²) >= 11 is 0. The molecule has 2 heterocycles. The van der Waals surface area contributed by atoms with Gasteiger partial charge in [-0.1, -0.05) is 30.5 Å². The van der Waals surface area contributed by atoms with Crippen molar-refractivity contribution >= 4 is 21.8 Å². The van der Waals surface area contributed by atoms with Crippen molar-refractivity contribution in [2.45, 2.75) is 50.3 Å². The van der Waals surface area contributed by atoms with Gasteiger partial charge in [-0.25, -0.2) is 8.42 Å². The molecular weight excluding hydrogens is 390 g/mol. The average molecular weight is 422 g/mol. The molecule has 0 unspecified atom stereocenters. The first-order valence-corrected chi connectivity index (χ1v) is 11.9. The van der Waals surface area contributed by atoms with Gasteiger partial charge in [0.25, 0.3) is 0 Å². The van der Waals surface area contributed by atoms with E-state index in [1.54, 1.807) is 29.2 Å². The van der Waals surface area contributed by atoms with Crippen LogP contribution in [0.1, 0.15) is 44.1 Å². The minimum absolute atomic E-state index is 0.0563. The maximum absolute atomic E-state index is 12.8. The summed E-state index contributed by atoms with van der Waals surface area (Å²) in [4.78, 5) is 28.7. The molecule has 8 heteroatoms. The first-order chi connectivity index (χ1) is 13.9. The zero-order valence-electron chi connectivity index (χ0n) is 17.2. The number of carbonyl (C=O) groups excluding carboxylic acids is 2. The molecule has 160 valence electrons. The number of amides is 2. The Kier molecular flexibility index (Phi) is 7.29. The monoisotopic (exact) mass is 421 g/mol. The van der Waals surface area contributed by atoms with Gasteiger partial charge < -0.3 is 9.80 Å². The maximum Gasteiger partial charge on any atom is 0.243 e. The predicted octanol–water partition coefficient (Wildman–Crippen LogP) is 2.01. The molecule has 2 saturated heterocycles. The van der Waals surface area contributed by atoms with E-state index in [0.717, 1.165) is 31.5 Å². The molecule has 0 N–H and O–H groups in total. The van der Waals surface area contributed by atoms with Crippen LogP contribution in [0.4, 0.5) is 0 Å². The number of likely N-dealkylation sites (tertiary alicyclic amines) is 1. The van der Waals surface area contributed by atoms with Crippen LogP contribution in [0.15, 0.2) is 29.2 Å². The lowest BCUT2D eigenvalue weighted by Gasteiger charge is -2.34. The van der Waals surface area contributed by atoms with E-state index in [4.69, 9.17) is 0 Å². The summed E-state index contributed by atoms with van der Waals surface area (Å²) in [6, 6.07) is 6.81. The maximum atomic E-state index is 12.8. The number of aryl methyl sites for hydroxylation is 1. The van der Waals surface area contributed by atoms with Crippen molar-refractivity contribution in [3.63, 3.8) is 0 Å². The van der Waals surface area contributed by atoms with Crippen molar-refractivity contribution in [3.05, 3.63) is 29.8 Å². The molecular formula is C21H31N3O4S. The molecule has 0 bridgehead atoms. The Morgan fingerprint density at radius 2 is 1.24 bits per heavy atom. The molecule has 2 amide bonds. The molecule has 29 heavy (non-hydrogen) atoms. The summed E-state index contributed by atoms with van der Waals surface area (Å²) in [5.74, 6) is -0.0126. The topological polar surface area (TPSA) is 78.0 Å². The molecule has 0 aromatic heterocycles. The van der Waals surface area contributed by atoms with E-state index in [9.17, 15) is 18.0 Å². The Morgan fingerprint density at radius 1 is 0.759 bits per heavy atom. The normalized spacial score (nSPS) is 19.1.